The van der Waals surface area contributed by atoms with Gasteiger partial charge in [0.05, 0.1) is 5.56 Å². The fourth-order valence-corrected chi connectivity index (χ4v) is 2.93. The first kappa shape index (κ1) is 12.6. The summed E-state index contributed by atoms with van der Waals surface area (Å²) in [5, 5.41) is 0. The van der Waals surface area contributed by atoms with Gasteiger partial charge in [0.15, 0.2) is 0 Å². The number of rotatable bonds is 1. The Hall–Kier alpha value is -0.900. The van der Waals surface area contributed by atoms with Crippen molar-refractivity contribution in [2.75, 3.05) is 0 Å². The molecular formula is C13H17BrN2O. The van der Waals surface area contributed by atoms with E-state index in [1.807, 2.05) is 11.0 Å². The van der Waals surface area contributed by atoms with E-state index in [4.69, 9.17) is 0 Å². The molecule has 17 heavy (non-hydrogen) atoms. The molecule has 3 nitrogen and oxygen atoms in total. The van der Waals surface area contributed by atoms with Crippen LogP contribution in [0.1, 0.15) is 43.5 Å². The van der Waals surface area contributed by atoms with E-state index >= 15 is 0 Å². The summed E-state index contributed by atoms with van der Waals surface area (Å²) in [5.41, 5.74) is 0.660. The minimum absolute atomic E-state index is 0.0877. The van der Waals surface area contributed by atoms with E-state index in [0.29, 0.717) is 22.3 Å². The first-order chi connectivity index (χ1) is 8.11. The number of halogens is 1. The van der Waals surface area contributed by atoms with Crippen molar-refractivity contribution >= 4 is 21.8 Å². The number of likely N-dealkylation sites (tertiary alicyclic amines) is 1. The molecule has 1 fully saturated rings. The van der Waals surface area contributed by atoms with Gasteiger partial charge in [-0.3, -0.25) is 4.79 Å². The van der Waals surface area contributed by atoms with Gasteiger partial charge in [-0.1, -0.05) is 0 Å². The first-order valence-corrected chi connectivity index (χ1v) is 6.83. The zero-order chi connectivity index (χ0) is 12.4. The number of piperidine rings is 1. The van der Waals surface area contributed by atoms with E-state index in [2.05, 4.69) is 34.8 Å². The summed E-state index contributed by atoms with van der Waals surface area (Å²) in [7, 11) is 0. The number of hydrogen-bond acceptors (Lipinski definition) is 2. The lowest BCUT2D eigenvalue weighted by Crippen LogP contribution is -2.47. The summed E-state index contributed by atoms with van der Waals surface area (Å²) in [5.74, 6) is 0.0877. The van der Waals surface area contributed by atoms with Crippen LogP contribution in [0.25, 0.3) is 0 Å². The third-order valence-corrected chi connectivity index (χ3v) is 4.05. The van der Waals surface area contributed by atoms with Crippen molar-refractivity contribution < 1.29 is 4.79 Å². The zero-order valence-electron chi connectivity index (χ0n) is 10.2. The highest BCUT2D eigenvalue weighted by Gasteiger charge is 2.30. The van der Waals surface area contributed by atoms with E-state index in [0.717, 1.165) is 12.8 Å². The Bertz CT molecular complexity index is 412. The SMILES string of the molecule is C[C@@H]1CCC[C@H](C)N1C(=O)c1cccnc1Br. The molecule has 0 saturated carbocycles. The second kappa shape index (κ2) is 5.17. The van der Waals surface area contributed by atoms with E-state index in [-0.39, 0.29) is 5.91 Å². The lowest BCUT2D eigenvalue weighted by molar-refractivity contribution is 0.0509. The van der Waals surface area contributed by atoms with Crippen LogP contribution in [0.15, 0.2) is 22.9 Å². The second-order valence-corrected chi connectivity index (χ2v) is 5.43. The Labute approximate surface area is 110 Å². The van der Waals surface area contributed by atoms with Gasteiger partial charge in [0, 0.05) is 18.3 Å². The van der Waals surface area contributed by atoms with Crippen molar-refractivity contribution in [3.05, 3.63) is 28.5 Å². The molecule has 4 heteroatoms. The molecule has 1 saturated heterocycles. The molecule has 2 heterocycles. The van der Waals surface area contributed by atoms with Crippen LogP contribution in [0, 0.1) is 0 Å². The summed E-state index contributed by atoms with van der Waals surface area (Å²) in [6.07, 6.45) is 5.08. The monoisotopic (exact) mass is 296 g/mol. The molecule has 0 N–H and O–H groups in total. The molecule has 1 aliphatic heterocycles. The molecule has 0 unspecified atom stereocenters. The molecule has 92 valence electrons. The van der Waals surface area contributed by atoms with Crippen LogP contribution >= 0.6 is 15.9 Å². The number of carbonyl (C=O) groups is 1. The van der Waals surface area contributed by atoms with Crippen LogP contribution in [0.4, 0.5) is 0 Å². The molecule has 1 aliphatic rings. The Morgan fingerprint density at radius 3 is 2.65 bits per heavy atom. The average Bonchev–Trinajstić information content (AvgIpc) is 2.29. The van der Waals surface area contributed by atoms with Gasteiger partial charge in [-0.2, -0.15) is 0 Å². The van der Waals surface area contributed by atoms with Gasteiger partial charge in [-0.05, 0) is 61.2 Å². The topological polar surface area (TPSA) is 33.2 Å². The largest absolute Gasteiger partial charge is 0.333 e. The summed E-state index contributed by atoms with van der Waals surface area (Å²) < 4.78 is 0.634. The van der Waals surface area contributed by atoms with Crippen molar-refractivity contribution in [3.63, 3.8) is 0 Å². The summed E-state index contributed by atoms with van der Waals surface area (Å²) in [6.45, 7) is 4.25. The average molecular weight is 297 g/mol. The predicted molar refractivity (Wildman–Crippen MR) is 70.9 cm³/mol. The molecule has 0 bridgehead atoms. The highest BCUT2D eigenvalue weighted by molar-refractivity contribution is 9.10. The maximum absolute atomic E-state index is 12.5. The molecular weight excluding hydrogens is 280 g/mol. The van der Waals surface area contributed by atoms with Crippen molar-refractivity contribution in [3.8, 4) is 0 Å². The molecule has 2 atom stereocenters. The van der Waals surface area contributed by atoms with Crippen LogP contribution in [0.2, 0.25) is 0 Å². The number of carbonyl (C=O) groups excluding carboxylic acids is 1. The molecule has 1 aromatic rings. The van der Waals surface area contributed by atoms with Gasteiger partial charge in [0.2, 0.25) is 0 Å². The Morgan fingerprint density at radius 2 is 2.06 bits per heavy atom. The van der Waals surface area contributed by atoms with E-state index < -0.39 is 0 Å². The second-order valence-electron chi connectivity index (χ2n) is 4.68. The highest BCUT2D eigenvalue weighted by Crippen LogP contribution is 2.26. The lowest BCUT2D eigenvalue weighted by atomic mass is 9.96. The minimum Gasteiger partial charge on any atom is -0.333 e. The van der Waals surface area contributed by atoms with E-state index in [1.54, 1.807) is 12.3 Å². The van der Waals surface area contributed by atoms with Gasteiger partial charge in [-0.15, -0.1) is 0 Å². The highest BCUT2D eigenvalue weighted by atomic mass is 79.9. The van der Waals surface area contributed by atoms with Crippen molar-refractivity contribution in [1.82, 2.24) is 9.88 Å². The number of pyridine rings is 1. The number of amides is 1. The molecule has 0 spiro atoms. The van der Waals surface area contributed by atoms with Crippen LogP contribution in [-0.4, -0.2) is 27.9 Å². The third-order valence-electron chi connectivity index (χ3n) is 3.42. The predicted octanol–water partition coefficient (Wildman–Crippen LogP) is 3.25. The van der Waals surface area contributed by atoms with E-state index in [9.17, 15) is 4.79 Å². The fraction of sp³-hybridized carbons (Fsp3) is 0.538. The summed E-state index contributed by atoms with van der Waals surface area (Å²) >= 11 is 3.34. The molecule has 0 radical (unpaired) electrons. The van der Waals surface area contributed by atoms with Gasteiger partial charge in [0.25, 0.3) is 5.91 Å². The van der Waals surface area contributed by atoms with Crippen molar-refractivity contribution in [2.24, 2.45) is 0 Å². The van der Waals surface area contributed by atoms with Crippen LogP contribution in [0.5, 0.6) is 0 Å². The smallest absolute Gasteiger partial charge is 0.257 e. The number of aromatic nitrogens is 1. The Balaban J connectivity index is 2.27. The van der Waals surface area contributed by atoms with Gasteiger partial charge in [-0.25, -0.2) is 4.98 Å². The first-order valence-electron chi connectivity index (χ1n) is 6.04. The molecule has 1 aromatic heterocycles. The zero-order valence-corrected chi connectivity index (χ0v) is 11.8. The lowest BCUT2D eigenvalue weighted by Gasteiger charge is -2.39. The number of nitrogens with zero attached hydrogens (tertiary/aromatic N) is 2. The summed E-state index contributed by atoms with van der Waals surface area (Å²) in [6, 6.07) is 4.27. The fourth-order valence-electron chi connectivity index (χ4n) is 2.51. The maximum atomic E-state index is 12.5. The quantitative estimate of drug-likeness (QED) is 0.746. The maximum Gasteiger partial charge on any atom is 0.257 e. The number of hydrogen-bond donors (Lipinski definition) is 0. The van der Waals surface area contributed by atoms with Gasteiger partial charge >= 0.3 is 0 Å². The Morgan fingerprint density at radius 1 is 1.41 bits per heavy atom. The van der Waals surface area contributed by atoms with Gasteiger partial charge < -0.3 is 4.90 Å². The summed E-state index contributed by atoms with van der Waals surface area (Å²) in [4.78, 5) is 18.6. The van der Waals surface area contributed by atoms with Crippen LogP contribution < -0.4 is 0 Å². The van der Waals surface area contributed by atoms with E-state index in [1.165, 1.54) is 6.42 Å². The molecule has 0 aromatic carbocycles. The standard InChI is InChI=1S/C13H17BrN2O/c1-9-5-3-6-10(2)16(9)13(17)11-7-4-8-15-12(11)14/h4,7-10H,3,5-6H2,1-2H3/t9-,10+. The van der Waals surface area contributed by atoms with Crippen molar-refractivity contribution in [2.45, 2.75) is 45.2 Å². The minimum atomic E-state index is 0.0877. The van der Waals surface area contributed by atoms with Gasteiger partial charge in [0.1, 0.15) is 4.60 Å². The molecule has 1 amide bonds. The third kappa shape index (κ3) is 2.51. The van der Waals surface area contributed by atoms with Crippen LogP contribution in [-0.2, 0) is 0 Å². The van der Waals surface area contributed by atoms with Crippen molar-refractivity contribution in [1.29, 1.82) is 0 Å². The normalized spacial score (nSPS) is 24.8. The molecule has 2 rings (SSSR count). The molecule has 0 aliphatic carbocycles. The van der Waals surface area contributed by atoms with Crippen LogP contribution in [0.3, 0.4) is 0 Å². The Kier molecular flexibility index (Phi) is 3.82.